The Labute approximate surface area is 138 Å². The summed E-state index contributed by atoms with van der Waals surface area (Å²) >= 11 is 1.74. The zero-order chi connectivity index (χ0) is 15.7. The first kappa shape index (κ1) is 15.5. The quantitative estimate of drug-likeness (QED) is 0.880. The summed E-state index contributed by atoms with van der Waals surface area (Å²) in [5.74, 6) is 0. The molecular weight excluding hydrogens is 309 g/mol. The molecule has 1 aliphatic heterocycles. The molecule has 0 bridgehead atoms. The molecule has 0 amide bonds. The molecule has 2 unspecified atom stereocenters. The minimum Gasteiger partial charge on any atom is -0.379 e. The van der Waals surface area contributed by atoms with Crippen molar-refractivity contribution in [2.24, 2.45) is 0 Å². The van der Waals surface area contributed by atoms with E-state index in [2.05, 4.69) is 56.7 Å². The van der Waals surface area contributed by atoms with Gasteiger partial charge in [-0.3, -0.25) is 4.90 Å². The molecule has 2 heterocycles. The van der Waals surface area contributed by atoms with Crippen molar-refractivity contribution in [2.45, 2.75) is 32.5 Å². The third-order valence-corrected chi connectivity index (χ3v) is 5.86. The lowest BCUT2D eigenvalue weighted by molar-refractivity contribution is 0.177. The molecule has 5 heteroatoms. The normalized spacial score (nSPS) is 17.8. The number of rotatable bonds is 3. The summed E-state index contributed by atoms with van der Waals surface area (Å²) < 4.78 is 0. The van der Waals surface area contributed by atoms with Crippen LogP contribution < -0.4 is 10.6 Å². The maximum Gasteiger partial charge on any atom is 0.107 e. The van der Waals surface area contributed by atoms with E-state index in [-0.39, 0.29) is 0 Å². The van der Waals surface area contributed by atoms with Crippen LogP contribution >= 0.6 is 20.6 Å². The molecule has 22 heavy (non-hydrogen) atoms. The largest absolute Gasteiger partial charge is 0.379 e. The van der Waals surface area contributed by atoms with Crippen molar-refractivity contribution in [1.29, 1.82) is 5.26 Å². The highest BCUT2D eigenvalue weighted by molar-refractivity contribution is 7.27. The summed E-state index contributed by atoms with van der Waals surface area (Å²) in [5.41, 5.74) is 3.38. The van der Waals surface area contributed by atoms with Gasteiger partial charge in [-0.1, -0.05) is 24.3 Å². The average Bonchev–Trinajstić information content (AvgIpc) is 2.84. The fraction of sp³-hybridized carbons (Fsp3) is 0.353. The standard InChI is InChI=1S/C17H20N3PS/c1-11-6-16-15(14(8-18)17(19-2)22-16)10-20(11)9-12-4-3-5-13(21)7-12/h3-5,7,11,19H,6,9-10,21H2,1-2H3. The van der Waals surface area contributed by atoms with Gasteiger partial charge in [0, 0.05) is 36.6 Å². The van der Waals surface area contributed by atoms with Crippen molar-refractivity contribution in [2.75, 3.05) is 12.4 Å². The Bertz CT molecular complexity index is 732. The van der Waals surface area contributed by atoms with Crippen molar-refractivity contribution in [3.8, 4) is 6.07 Å². The summed E-state index contributed by atoms with van der Waals surface area (Å²) in [4.78, 5) is 3.83. The summed E-state index contributed by atoms with van der Waals surface area (Å²) in [6.45, 7) is 4.06. The number of nitriles is 1. The lowest BCUT2D eigenvalue weighted by Gasteiger charge is -2.33. The van der Waals surface area contributed by atoms with Crippen LogP contribution in [0.1, 0.15) is 28.5 Å². The van der Waals surface area contributed by atoms with Gasteiger partial charge in [0.1, 0.15) is 11.1 Å². The predicted octanol–water partition coefficient (Wildman–Crippen LogP) is 3.11. The highest BCUT2D eigenvalue weighted by atomic mass is 32.1. The zero-order valence-electron chi connectivity index (χ0n) is 12.9. The molecule has 0 radical (unpaired) electrons. The van der Waals surface area contributed by atoms with Gasteiger partial charge in [0.2, 0.25) is 0 Å². The molecule has 3 rings (SSSR count). The molecule has 2 atom stereocenters. The van der Waals surface area contributed by atoms with Gasteiger partial charge in [0.25, 0.3) is 0 Å². The number of anilines is 1. The lowest BCUT2D eigenvalue weighted by atomic mass is 9.99. The van der Waals surface area contributed by atoms with Crippen LogP contribution in [0.5, 0.6) is 0 Å². The van der Waals surface area contributed by atoms with E-state index in [4.69, 9.17) is 0 Å². The fourth-order valence-corrected chi connectivity index (χ4v) is 4.59. The van der Waals surface area contributed by atoms with Gasteiger partial charge < -0.3 is 5.32 Å². The van der Waals surface area contributed by atoms with Gasteiger partial charge in [-0.15, -0.1) is 20.6 Å². The highest BCUT2D eigenvalue weighted by Crippen LogP contribution is 2.38. The summed E-state index contributed by atoms with van der Waals surface area (Å²) in [6.07, 6.45) is 1.02. The van der Waals surface area contributed by atoms with Gasteiger partial charge in [-0.25, -0.2) is 0 Å². The Morgan fingerprint density at radius 1 is 1.50 bits per heavy atom. The third kappa shape index (κ3) is 2.90. The van der Waals surface area contributed by atoms with Crippen LogP contribution in [0.2, 0.25) is 0 Å². The van der Waals surface area contributed by atoms with Gasteiger partial charge in [-0.2, -0.15) is 5.26 Å². The van der Waals surface area contributed by atoms with E-state index >= 15 is 0 Å². The van der Waals surface area contributed by atoms with Gasteiger partial charge in [0.15, 0.2) is 0 Å². The maximum atomic E-state index is 9.47. The van der Waals surface area contributed by atoms with Crippen LogP contribution in [-0.4, -0.2) is 18.0 Å². The second kappa shape index (κ2) is 6.38. The van der Waals surface area contributed by atoms with E-state index in [9.17, 15) is 5.26 Å². The Morgan fingerprint density at radius 3 is 3.00 bits per heavy atom. The Morgan fingerprint density at radius 2 is 2.32 bits per heavy atom. The molecule has 114 valence electrons. The Balaban J connectivity index is 1.87. The highest BCUT2D eigenvalue weighted by Gasteiger charge is 2.28. The molecule has 2 aromatic rings. The van der Waals surface area contributed by atoms with Crippen LogP contribution in [0.25, 0.3) is 0 Å². The molecule has 0 spiro atoms. The third-order valence-electron chi connectivity index (χ3n) is 4.23. The summed E-state index contributed by atoms with van der Waals surface area (Å²) in [6, 6.07) is 11.5. The van der Waals surface area contributed by atoms with Crippen LogP contribution in [0, 0.1) is 11.3 Å². The number of hydrogen-bond acceptors (Lipinski definition) is 4. The van der Waals surface area contributed by atoms with Crippen LogP contribution in [0.4, 0.5) is 5.00 Å². The first-order valence-electron chi connectivity index (χ1n) is 7.43. The van der Waals surface area contributed by atoms with E-state index in [0.717, 1.165) is 30.1 Å². The van der Waals surface area contributed by atoms with Crippen molar-refractivity contribution in [3.63, 3.8) is 0 Å². The van der Waals surface area contributed by atoms with Gasteiger partial charge >= 0.3 is 0 Å². The smallest absolute Gasteiger partial charge is 0.107 e. The second-order valence-electron chi connectivity index (χ2n) is 5.77. The van der Waals surface area contributed by atoms with E-state index in [1.54, 1.807) is 11.3 Å². The maximum absolute atomic E-state index is 9.47. The number of thiophene rings is 1. The number of nitrogens with one attached hydrogen (secondary N) is 1. The zero-order valence-corrected chi connectivity index (χ0v) is 14.9. The van der Waals surface area contributed by atoms with E-state index in [0.29, 0.717) is 6.04 Å². The lowest BCUT2D eigenvalue weighted by Crippen LogP contribution is -2.37. The number of fused-ring (bicyclic) bond motifs is 1. The molecule has 0 saturated heterocycles. The van der Waals surface area contributed by atoms with E-state index in [1.807, 2.05) is 7.05 Å². The number of nitrogens with zero attached hydrogens (tertiary/aromatic N) is 2. The molecule has 3 nitrogen and oxygen atoms in total. The van der Waals surface area contributed by atoms with Crippen molar-refractivity contribution in [3.05, 3.63) is 45.8 Å². The fourth-order valence-electron chi connectivity index (χ4n) is 3.03. The van der Waals surface area contributed by atoms with E-state index in [1.165, 1.54) is 21.3 Å². The number of benzene rings is 1. The average molecular weight is 329 g/mol. The van der Waals surface area contributed by atoms with Gasteiger partial charge in [-0.05, 0) is 24.2 Å². The van der Waals surface area contributed by atoms with Crippen LogP contribution in [-0.2, 0) is 19.5 Å². The first-order valence-corrected chi connectivity index (χ1v) is 8.82. The topological polar surface area (TPSA) is 39.1 Å². The molecule has 1 aliphatic rings. The first-order chi connectivity index (χ1) is 10.6. The van der Waals surface area contributed by atoms with Gasteiger partial charge in [0.05, 0.1) is 5.56 Å². The summed E-state index contributed by atoms with van der Waals surface area (Å²) in [7, 11) is 4.65. The predicted molar refractivity (Wildman–Crippen MR) is 96.8 cm³/mol. The Hall–Kier alpha value is -1.40. The molecule has 0 aliphatic carbocycles. The molecule has 1 N–H and O–H groups in total. The Kier molecular flexibility index (Phi) is 4.49. The molecule has 0 saturated carbocycles. The van der Waals surface area contributed by atoms with Crippen molar-refractivity contribution in [1.82, 2.24) is 4.90 Å². The monoisotopic (exact) mass is 329 g/mol. The summed E-state index contributed by atoms with van der Waals surface area (Å²) in [5, 5.41) is 14.9. The van der Waals surface area contributed by atoms with Crippen LogP contribution in [0.15, 0.2) is 24.3 Å². The second-order valence-corrected chi connectivity index (χ2v) is 7.54. The van der Waals surface area contributed by atoms with E-state index < -0.39 is 0 Å². The minimum absolute atomic E-state index is 0.496. The molecule has 1 aromatic carbocycles. The molecular formula is C17H20N3PS. The minimum atomic E-state index is 0.496. The SMILES string of the molecule is CNc1sc2c(c1C#N)CN(Cc1cccc(P)c1)C(C)C2. The molecule has 0 fully saturated rings. The number of hydrogen-bond donors (Lipinski definition) is 1. The van der Waals surface area contributed by atoms with Crippen molar-refractivity contribution < 1.29 is 0 Å². The van der Waals surface area contributed by atoms with Crippen LogP contribution in [0.3, 0.4) is 0 Å². The molecule has 1 aromatic heterocycles. The van der Waals surface area contributed by atoms with Crippen molar-refractivity contribution >= 4 is 30.9 Å².